The van der Waals surface area contributed by atoms with E-state index >= 15 is 0 Å². The Hall–Kier alpha value is -0.410. The summed E-state index contributed by atoms with van der Waals surface area (Å²) in [7, 11) is 0. The molecule has 0 spiro atoms. The second kappa shape index (κ2) is 7.83. The summed E-state index contributed by atoms with van der Waals surface area (Å²) in [4.78, 5) is 5.76. The number of nitrogens with zero attached hydrogens (tertiary/aromatic N) is 1. The van der Waals surface area contributed by atoms with E-state index in [0.717, 1.165) is 19.5 Å². The Bertz CT molecular complexity index is 258. The third-order valence-corrected chi connectivity index (χ3v) is 3.57. The maximum absolute atomic E-state index is 4.38. The second-order valence-corrected chi connectivity index (χ2v) is 5.01. The predicted molar refractivity (Wildman–Crippen MR) is 67.3 cm³/mol. The van der Waals surface area contributed by atoms with Crippen LogP contribution in [0.4, 0.5) is 0 Å². The van der Waals surface area contributed by atoms with E-state index in [1.165, 1.54) is 35.6 Å². The molecule has 0 radical (unpaired) electrons. The van der Waals surface area contributed by atoms with E-state index in [9.17, 15) is 0 Å². The van der Waals surface area contributed by atoms with Crippen LogP contribution < -0.4 is 5.32 Å². The minimum atomic E-state index is 0.941. The van der Waals surface area contributed by atoms with Gasteiger partial charge < -0.3 is 5.32 Å². The van der Waals surface area contributed by atoms with Crippen LogP contribution in [0.5, 0.6) is 0 Å². The molecule has 0 aliphatic heterocycles. The molecule has 86 valence electrons. The van der Waals surface area contributed by atoms with Gasteiger partial charge in [0.15, 0.2) is 0 Å². The SMILES string of the molecule is CCCCCCNCc1ncc(CC)s1. The topological polar surface area (TPSA) is 24.9 Å². The first kappa shape index (κ1) is 12.7. The molecule has 0 aliphatic rings. The lowest BCUT2D eigenvalue weighted by Crippen LogP contribution is -2.14. The summed E-state index contributed by atoms with van der Waals surface area (Å²) >= 11 is 1.83. The van der Waals surface area contributed by atoms with E-state index in [1.807, 2.05) is 17.5 Å². The third-order valence-electron chi connectivity index (χ3n) is 2.43. The fourth-order valence-corrected chi connectivity index (χ4v) is 2.30. The molecule has 0 aliphatic carbocycles. The molecule has 15 heavy (non-hydrogen) atoms. The summed E-state index contributed by atoms with van der Waals surface area (Å²) < 4.78 is 0. The van der Waals surface area contributed by atoms with Crippen molar-refractivity contribution >= 4 is 11.3 Å². The van der Waals surface area contributed by atoms with Gasteiger partial charge >= 0.3 is 0 Å². The summed E-state index contributed by atoms with van der Waals surface area (Å²) in [5.74, 6) is 0. The van der Waals surface area contributed by atoms with Crippen LogP contribution >= 0.6 is 11.3 Å². The van der Waals surface area contributed by atoms with Gasteiger partial charge in [-0.15, -0.1) is 11.3 Å². The van der Waals surface area contributed by atoms with E-state index < -0.39 is 0 Å². The Morgan fingerprint density at radius 2 is 2.13 bits per heavy atom. The fraction of sp³-hybridized carbons (Fsp3) is 0.750. The molecule has 1 aromatic heterocycles. The molecular weight excluding hydrogens is 204 g/mol. The van der Waals surface area contributed by atoms with Crippen molar-refractivity contribution in [2.45, 2.75) is 52.5 Å². The third kappa shape index (κ3) is 5.28. The van der Waals surface area contributed by atoms with Crippen LogP contribution in [-0.2, 0) is 13.0 Å². The van der Waals surface area contributed by atoms with E-state index in [1.54, 1.807) is 0 Å². The van der Waals surface area contributed by atoms with Crippen LogP contribution in [-0.4, -0.2) is 11.5 Å². The van der Waals surface area contributed by atoms with Crippen LogP contribution in [0.25, 0.3) is 0 Å². The van der Waals surface area contributed by atoms with Crippen LogP contribution in [0, 0.1) is 0 Å². The van der Waals surface area contributed by atoms with Gasteiger partial charge in [-0.3, -0.25) is 0 Å². The lowest BCUT2D eigenvalue weighted by Gasteiger charge is -2.01. The normalized spacial score (nSPS) is 10.8. The minimum absolute atomic E-state index is 0.941. The number of thiazole rings is 1. The van der Waals surface area contributed by atoms with Gasteiger partial charge in [0.1, 0.15) is 5.01 Å². The van der Waals surface area contributed by atoms with Gasteiger partial charge in [-0.2, -0.15) is 0 Å². The number of aromatic nitrogens is 1. The maximum Gasteiger partial charge on any atom is 0.107 e. The molecule has 1 heterocycles. The van der Waals surface area contributed by atoms with Crippen LogP contribution in [0.2, 0.25) is 0 Å². The van der Waals surface area contributed by atoms with Crippen LogP contribution in [0.1, 0.15) is 49.4 Å². The van der Waals surface area contributed by atoms with Gasteiger partial charge in [0.25, 0.3) is 0 Å². The van der Waals surface area contributed by atoms with Gasteiger partial charge in [-0.1, -0.05) is 33.1 Å². The molecule has 0 atom stereocenters. The number of rotatable bonds is 8. The minimum Gasteiger partial charge on any atom is -0.310 e. The molecule has 1 N–H and O–H groups in total. The van der Waals surface area contributed by atoms with Crippen molar-refractivity contribution in [2.24, 2.45) is 0 Å². The Kier molecular flexibility index (Phi) is 6.60. The number of aryl methyl sites for hydroxylation is 1. The molecule has 0 amide bonds. The van der Waals surface area contributed by atoms with E-state index in [4.69, 9.17) is 0 Å². The van der Waals surface area contributed by atoms with Crippen LogP contribution in [0.3, 0.4) is 0 Å². The molecule has 1 aromatic rings. The number of unbranched alkanes of at least 4 members (excludes halogenated alkanes) is 3. The summed E-state index contributed by atoms with van der Waals surface area (Å²) in [5, 5.41) is 4.67. The molecular formula is C12H22N2S. The largest absolute Gasteiger partial charge is 0.310 e. The molecule has 0 aromatic carbocycles. The molecule has 0 unspecified atom stereocenters. The highest BCUT2D eigenvalue weighted by Crippen LogP contribution is 2.12. The molecule has 2 nitrogen and oxygen atoms in total. The first-order valence-corrected chi connectivity index (χ1v) is 6.82. The monoisotopic (exact) mass is 226 g/mol. The smallest absolute Gasteiger partial charge is 0.107 e. The van der Waals surface area contributed by atoms with Gasteiger partial charge in [0.05, 0.1) is 0 Å². The highest BCUT2D eigenvalue weighted by atomic mass is 32.1. The zero-order valence-corrected chi connectivity index (χ0v) is 10.7. The highest BCUT2D eigenvalue weighted by Gasteiger charge is 1.99. The summed E-state index contributed by atoms with van der Waals surface area (Å²) in [6, 6.07) is 0. The van der Waals surface area contributed by atoms with Gasteiger partial charge in [0.2, 0.25) is 0 Å². The van der Waals surface area contributed by atoms with E-state index in [2.05, 4.69) is 24.1 Å². The van der Waals surface area contributed by atoms with E-state index in [0.29, 0.717) is 0 Å². The summed E-state index contributed by atoms with van der Waals surface area (Å²) in [6.07, 6.45) is 8.42. The van der Waals surface area contributed by atoms with Gasteiger partial charge in [-0.25, -0.2) is 4.98 Å². The molecule has 3 heteroatoms. The lowest BCUT2D eigenvalue weighted by molar-refractivity contribution is 0.597. The van der Waals surface area contributed by atoms with Crippen molar-refractivity contribution in [2.75, 3.05) is 6.54 Å². The predicted octanol–water partition coefficient (Wildman–Crippen LogP) is 3.38. The Morgan fingerprint density at radius 3 is 2.80 bits per heavy atom. The van der Waals surface area contributed by atoms with E-state index in [-0.39, 0.29) is 0 Å². The average molecular weight is 226 g/mol. The molecule has 0 saturated carbocycles. The summed E-state index contributed by atoms with van der Waals surface area (Å²) in [5.41, 5.74) is 0. The summed E-state index contributed by atoms with van der Waals surface area (Å²) in [6.45, 7) is 6.49. The Labute approximate surface area is 97.1 Å². The van der Waals surface area contributed by atoms with Gasteiger partial charge in [-0.05, 0) is 19.4 Å². The van der Waals surface area contributed by atoms with Crippen molar-refractivity contribution in [1.82, 2.24) is 10.3 Å². The highest BCUT2D eigenvalue weighted by molar-refractivity contribution is 7.11. The van der Waals surface area contributed by atoms with Crippen molar-refractivity contribution < 1.29 is 0 Å². The average Bonchev–Trinajstić information content (AvgIpc) is 2.71. The number of hydrogen-bond acceptors (Lipinski definition) is 3. The standard InChI is InChI=1S/C12H22N2S/c1-3-5-6-7-8-13-10-12-14-9-11(4-2)15-12/h9,13H,3-8,10H2,1-2H3. The van der Waals surface area contributed by atoms with Crippen molar-refractivity contribution in [1.29, 1.82) is 0 Å². The fourth-order valence-electron chi connectivity index (χ4n) is 1.47. The molecule has 1 rings (SSSR count). The molecule has 0 fully saturated rings. The maximum atomic E-state index is 4.38. The van der Waals surface area contributed by atoms with Gasteiger partial charge in [0, 0.05) is 17.6 Å². The van der Waals surface area contributed by atoms with Crippen molar-refractivity contribution in [3.05, 3.63) is 16.1 Å². The zero-order valence-electron chi connectivity index (χ0n) is 9.88. The lowest BCUT2D eigenvalue weighted by atomic mass is 10.2. The zero-order chi connectivity index (χ0) is 10.9. The first-order chi connectivity index (χ1) is 7.36. The van der Waals surface area contributed by atoms with Crippen molar-refractivity contribution in [3.8, 4) is 0 Å². The molecule has 0 saturated heterocycles. The number of nitrogens with one attached hydrogen (secondary N) is 1. The second-order valence-electron chi connectivity index (χ2n) is 3.81. The Morgan fingerprint density at radius 1 is 1.27 bits per heavy atom. The first-order valence-electron chi connectivity index (χ1n) is 6.01. The quantitative estimate of drug-likeness (QED) is 0.687. The Balaban J connectivity index is 2.04. The number of hydrogen-bond donors (Lipinski definition) is 1. The van der Waals surface area contributed by atoms with Crippen LogP contribution in [0.15, 0.2) is 6.20 Å². The van der Waals surface area contributed by atoms with Crippen molar-refractivity contribution in [3.63, 3.8) is 0 Å². The molecule has 0 bridgehead atoms.